The third-order valence-corrected chi connectivity index (χ3v) is 3.49. The number of aromatic carboxylic acids is 1. The molecule has 0 unspecified atom stereocenters. The maximum absolute atomic E-state index is 13.3. The van der Waals surface area contributed by atoms with Gasteiger partial charge in [-0.05, 0) is 24.3 Å². The monoisotopic (exact) mass is 363 g/mol. The van der Waals surface area contributed by atoms with Crippen molar-refractivity contribution in [2.24, 2.45) is 0 Å². The van der Waals surface area contributed by atoms with Crippen LogP contribution in [0.1, 0.15) is 21.5 Å². The zero-order chi connectivity index (χ0) is 19.0. The van der Waals surface area contributed by atoms with Crippen LogP contribution in [0.25, 0.3) is 0 Å². The number of nitrogens with zero attached hydrogens (tertiary/aromatic N) is 1. The van der Waals surface area contributed by atoms with E-state index in [4.69, 9.17) is 5.11 Å². The lowest BCUT2D eigenvalue weighted by Gasteiger charge is -2.27. The maximum atomic E-state index is 13.3. The van der Waals surface area contributed by atoms with Gasteiger partial charge in [0.25, 0.3) is 0 Å². The zero-order valence-corrected chi connectivity index (χ0v) is 12.6. The second-order valence-electron chi connectivity index (χ2n) is 5.08. The standard InChI is InChI=1S/C16H11F6NO2/c1-23(11-7-3-2-5-9(11)14(24)25)12-8-4-6-10(15(17,18)19)13(12)16(20,21)22/h2-8H,1H3,(H,24,25). The van der Waals surface area contributed by atoms with Crippen molar-refractivity contribution >= 4 is 17.3 Å². The fraction of sp³-hybridized carbons (Fsp3) is 0.188. The first-order chi connectivity index (χ1) is 11.4. The molecule has 9 heteroatoms. The maximum Gasteiger partial charge on any atom is 0.419 e. The molecule has 3 nitrogen and oxygen atoms in total. The largest absolute Gasteiger partial charge is 0.478 e. The van der Waals surface area contributed by atoms with E-state index >= 15 is 0 Å². The molecule has 0 aliphatic heterocycles. The van der Waals surface area contributed by atoms with Crippen molar-refractivity contribution in [2.45, 2.75) is 12.4 Å². The number of carboxylic acid groups (broad SMARTS) is 1. The van der Waals surface area contributed by atoms with E-state index in [1.165, 1.54) is 18.2 Å². The Morgan fingerprint density at radius 1 is 0.880 bits per heavy atom. The number of rotatable bonds is 3. The van der Waals surface area contributed by atoms with Gasteiger partial charge in [0.1, 0.15) is 0 Å². The molecule has 134 valence electrons. The number of hydrogen-bond donors (Lipinski definition) is 1. The molecule has 0 amide bonds. The average Bonchev–Trinajstić information content (AvgIpc) is 2.51. The summed E-state index contributed by atoms with van der Waals surface area (Å²) < 4.78 is 79.1. The number of para-hydroxylation sites is 1. The predicted molar refractivity (Wildman–Crippen MR) is 77.9 cm³/mol. The van der Waals surface area contributed by atoms with Gasteiger partial charge in [-0.3, -0.25) is 0 Å². The number of anilines is 2. The van der Waals surface area contributed by atoms with Crippen molar-refractivity contribution < 1.29 is 36.2 Å². The Bertz CT molecular complexity index is 798. The Morgan fingerprint density at radius 3 is 1.96 bits per heavy atom. The normalized spacial score (nSPS) is 12.1. The molecule has 2 aromatic rings. The minimum Gasteiger partial charge on any atom is -0.478 e. The molecule has 0 radical (unpaired) electrons. The van der Waals surface area contributed by atoms with Crippen LogP contribution in [0.4, 0.5) is 37.7 Å². The van der Waals surface area contributed by atoms with Crippen LogP contribution in [0, 0.1) is 0 Å². The molecule has 0 saturated heterocycles. The molecule has 2 aromatic carbocycles. The van der Waals surface area contributed by atoms with Crippen LogP contribution in [0.2, 0.25) is 0 Å². The van der Waals surface area contributed by atoms with Crippen LogP contribution in [0.5, 0.6) is 0 Å². The lowest BCUT2D eigenvalue weighted by molar-refractivity contribution is -0.161. The molecule has 0 aromatic heterocycles. The highest BCUT2D eigenvalue weighted by Gasteiger charge is 2.45. The fourth-order valence-electron chi connectivity index (χ4n) is 2.43. The van der Waals surface area contributed by atoms with Gasteiger partial charge in [0.2, 0.25) is 0 Å². The van der Waals surface area contributed by atoms with Gasteiger partial charge in [-0.15, -0.1) is 0 Å². The molecule has 0 bridgehead atoms. The first-order valence-electron chi connectivity index (χ1n) is 6.78. The van der Waals surface area contributed by atoms with Crippen molar-refractivity contribution in [3.05, 3.63) is 59.2 Å². The number of alkyl halides is 6. The highest BCUT2D eigenvalue weighted by Crippen LogP contribution is 2.46. The second-order valence-corrected chi connectivity index (χ2v) is 5.08. The molecule has 0 aliphatic rings. The summed E-state index contributed by atoms with van der Waals surface area (Å²) in [7, 11) is 1.08. The number of carbonyl (C=O) groups is 1. The summed E-state index contributed by atoms with van der Waals surface area (Å²) in [4.78, 5) is 12.0. The van der Waals surface area contributed by atoms with Gasteiger partial charge in [-0.2, -0.15) is 26.3 Å². The number of halogens is 6. The van der Waals surface area contributed by atoms with E-state index < -0.39 is 35.1 Å². The Balaban J connectivity index is 2.74. The van der Waals surface area contributed by atoms with Crippen LogP contribution in [0.3, 0.4) is 0 Å². The van der Waals surface area contributed by atoms with E-state index in [1.54, 1.807) is 0 Å². The smallest absolute Gasteiger partial charge is 0.419 e. The van der Waals surface area contributed by atoms with Crippen LogP contribution in [0.15, 0.2) is 42.5 Å². The zero-order valence-electron chi connectivity index (χ0n) is 12.6. The quantitative estimate of drug-likeness (QED) is 0.763. The molecule has 25 heavy (non-hydrogen) atoms. The highest BCUT2D eigenvalue weighted by molar-refractivity contribution is 5.95. The van der Waals surface area contributed by atoms with E-state index in [0.717, 1.165) is 30.1 Å². The fourth-order valence-corrected chi connectivity index (χ4v) is 2.43. The van der Waals surface area contributed by atoms with Gasteiger partial charge < -0.3 is 10.0 Å². The Kier molecular flexibility index (Phi) is 4.70. The Morgan fingerprint density at radius 2 is 1.44 bits per heavy atom. The summed E-state index contributed by atoms with van der Waals surface area (Å²) in [6.45, 7) is 0. The lowest BCUT2D eigenvalue weighted by atomic mass is 10.0. The number of benzene rings is 2. The van der Waals surface area contributed by atoms with Gasteiger partial charge in [-0.1, -0.05) is 18.2 Å². The summed E-state index contributed by atoms with van der Waals surface area (Å²) >= 11 is 0. The number of hydrogen-bond acceptors (Lipinski definition) is 2. The van der Waals surface area contributed by atoms with Crippen LogP contribution in [-0.2, 0) is 12.4 Å². The third kappa shape index (κ3) is 3.70. The van der Waals surface area contributed by atoms with E-state index in [0.29, 0.717) is 6.07 Å². The van der Waals surface area contributed by atoms with Gasteiger partial charge in [0.05, 0.1) is 28.1 Å². The SMILES string of the molecule is CN(c1ccccc1C(=O)O)c1cccc(C(F)(F)F)c1C(F)(F)F. The van der Waals surface area contributed by atoms with E-state index in [9.17, 15) is 31.1 Å². The molecular weight excluding hydrogens is 352 g/mol. The van der Waals surface area contributed by atoms with Gasteiger partial charge in [-0.25, -0.2) is 4.79 Å². The average molecular weight is 363 g/mol. The van der Waals surface area contributed by atoms with E-state index in [-0.39, 0.29) is 11.3 Å². The molecule has 2 rings (SSSR count). The summed E-state index contributed by atoms with van der Waals surface area (Å²) in [5, 5.41) is 9.15. The summed E-state index contributed by atoms with van der Waals surface area (Å²) in [5.74, 6) is -1.41. The predicted octanol–water partition coefficient (Wildman–Crippen LogP) is 5.19. The van der Waals surface area contributed by atoms with Crippen molar-refractivity contribution in [1.82, 2.24) is 0 Å². The topological polar surface area (TPSA) is 40.5 Å². The molecule has 0 saturated carbocycles. The summed E-state index contributed by atoms with van der Waals surface area (Å²) in [5.41, 5.74) is -5.01. The van der Waals surface area contributed by atoms with Gasteiger partial charge in [0.15, 0.2) is 0 Å². The lowest BCUT2D eigenvalue weighted by Crippen LogP contribution is -2.23. The van der Waals surface area contributed by atoms with Gasteiger partial charge >= 0.3 is 18.3 Å². The molecule has 0 fully saturated rings. The van der Waals surface area contributed by atoms with Crippen LogP contribution in [-0.4, -0.2) is 18.1 Å². The Hall–Kier alpha value is -2.71. The third-order valence-electron chi connectivity index (χ3n) is 3.49. The molecule has 1 N–H and O–H groups in total. The molecule has 0 aliphatic carbocycles. The first kappa shape index (κ1) is 18.6. The Labute approximate surface area is 138 Å². The van der Waals surface area contributed by atoms with Crippen molar-refractivity contribution in [1.29, 1.82) is 0 Å². The first-order valence-corrected chi connectivity index (χ1v) is 6.78. The van der Waals surface area contributed by atoms with Crippen LogP contribution < -0.4 is 4.90 Å². The van der Waals surface area contributed by atoms with E-state index in [1.807, 2.05) is 0 Å². The van der Waals surface area contributed by atoms with Crippen molar-refractivity contribution in [2.75, 3.05) is 11.9 Å². The summed E-state index contributed by atoms with van der Waals surface area (Å²) in [6, 6.07) is 7.13. The number of carboxylic acids is 1. The molecule has 0 atom stereocenters. The minimum absolute atomic E-state index is 0.167. The van der Waals surface area contributed by atoms with E-state index in [2.05, 4.69) is 0 Å². The highest BCUT2D eigenvalue weighted by atomic mass is 19.4. The van der Waals surface area contributed by atoms with Crippen LogP contribution >= 0.6 is 0 Å². The molecule has 0 heterocycles. The van der Waals surface area contributed by atoms with Crippen molar-refractivity contribution in [3.8, 4) is 0 Å². The summed E-state index contributed by atoms with van der Waals surface area (Å²) in [6.07, 6.45) is -10.5. The van der Waals surface area contributed by atoms with Crippen molar-refractivity contribution in [3.63, 3.8) is 0 Å². The van der Waals surface area contributed by atoms with Gasteiger partial charge in [0, 0.05) is 7.05 Å². The minimum atomic E-state index is -5.28. The molecular formula is C16H11F6NO2. The second kappa shape index (κ2) is 6.30. The molecule has 0 spiro atoms.